The maximum atomic E-state index is 12.6. The van der Waals surface area contributed by atoms with Crippen molar-refractivity contribution in [1.82, 2.24) is 0 Å². The SMILES string of the molecule is CCO[Si](CCCN=C(O)Nc1c(N=Nc2ccc(-c3ccc(N=Nc4cc(S(=O)(=O)O)c5ccccc5c4NC(O)=NCCC[Si](OCC)(OCC)OCC)cc3)cc2)cc(S(=O)(=O)O)c2ccccc12)(OCC)OCC. The van der Waals surface area contributed by atoms with Gasteiger partial charge in [0.15, 0.2) is 0 Å². The predicted molar refractivity (Wildman–Crippen MR) is 305 cm³/mol. The highest BCUT2D eigenvalue weighted by Gasteiger charge is 2.40. The molecule has 0 saturated carbocycles. The van der Waals surface area contributed by atoms with Crippen LogP contribution in [-0.4, -0.2) is 119 Å². The highest BCUT2D eigenvalue weighted by molar-refractivity contribution is 7.86. The molecule has 0 unspecified atom stereocenters. The lowest BCUT2D eigenvalue weighted by Gasteiger charge is -2.28. The normalized spacial score (nSPS) is 13.1. The highest BCUT2D eigenvalue weighted by atomic mass is 32.2. The lowest BCUT2D eigenvalue weighted by atomic mass is 10.1. The van der Waals surface area contributed by atoms with Crippen molar-refractivity contribution in [3.05, 3.63) is 109 Å². The van der Waals surface area contributed by atoms with Crippen LogP contribution in [0.1, 0.15) is 54.4 Å². The Morgan fingerprint density at radius 3 is 1.06 bits per heavy atom. The first kappa shape index (κ1) is 60.8. The average Bonchev–Trinajstić information content (AvgIpc) is 3.44. The number of benzene rings is 6. The average molecular weight is 1150 g/mol. The van der Waals surface area contributed by atoms with E-state index in [1.165, 1.54) is 12.1 Å². The quantitative estimate of drug-likeness (QED) is 0.00635. The van der Waals surface area contributed by atoms with Gasteiger partial charge in [0.2, 0.25) is 0 Å². The summed E-state index contributed by atoms with van der Waals surface area (Å²) in [5.41, 5.74) is 2.66. The summed E-state index contributed by atoms with van der Waals surface area (Å²) in [6.07, 6.45) is 0.947. The van der Waals surface area contributed by atoms with Gasteiger partial charge in [0, 0.05) is 86.4 Å². The fourth-order valence-electron chi connectivity index (χ4n) is 8.43. The molecule has 0 bridgehead atoms. The van der Waals surface area contributed by atoms with Crippen molar-refractivity contribution in [2.75, 3.05) is 63.4 Å². The number of fused-ring (bicyclic) bond motifs is 2. The van der Waals surface area contributed by atoms with E-state index in [4.69, 9.17) is 26.6 Å². The number of anilines is 2. The maximum Gasteiger partial charge on any atom is 0.500 e. The minimum absolute atomic E-state index is 0.0176. The zero-order chi connectivity index (χ0) is 56.4. The lowest BCUT2D eigenvalue weighted by Crippen LogP contribution is -2.46. The summed E-state index contributed by atoms with van der Waals surface area (Å²) >= 11 is 0. The molecular weight excluding hydrogens is 1080 g/mol. The summed E-state index contributed by atoms with van der Waals surface area (Å²) < 4.78 is 107. The van der Waals surface area contributed by atoms with Crippen LogP contribution in [0, 0.1) is 0 Å². The van der Waals surface area contributed by atoms with Gasteiger partial charge in [0.05, 0.1) is 22.7 Å². The van der Waals surface area contributed by atoms with Crippen LogP contribution in [0.4, 0.5) is 34.1 Å². The van der Waals surface area contributed by atoms with Crippen LogP contribution in [0.3, 0.4) is 0 Å². The number of aliphatic hydroxyl groups is 2. The predicted octanol–water partition coefficient (Wildman–Crippen LogP) is 12.5. The van der Waals surface area contributed by atoms with Gasteiger partial charge in [-0.05, 0) is 102 Å². The molecule has 0 radical (unpaired) electrons. The van der Waals surface area contributed by atoms with E-state index in [1.54, 1.807) is 84.9 Å². The Morgan fingerprint density at radius 2 is 0.769 bits per heavy atom. The van der Waals surface area contributed by atoms with Gasteiger partial charge in [-0.1, -0.05) is 72.8 Å². The Kier molecular flexibility index (Phi) is 22.2. The number of nitrogens with one attached hydrogen (secondary N) is 2. The summed E-state index contributed by atoms with van der Waals surface area (Å²) in [4.78, 5) is 7.75. The van der Waals surface area contributed by atoms with Gasteiger partial charge in [-0.3, -0.25) is 9.11 Å². The van der Waals surface area contributed by atoms with Gasteiger partial charge >= 0.3 is 17.6 Å². The van der Waals surface area contributed by atoms with Crippen molar-refractivity contribution < 1.29 is 62.7 Å². The molecule has 0 fully saturated rings. The molecule has 0 aliphatic heterocycles. The minimum atomic E-state index is -4.74. The van der Waals surface area contributed by atoms with E-state index in [2.05, 4.69) is 41.1 Å². The molecule has 0 atom stereocenters. The summed E-state index contributed by atoms with van der Waals surface area (Å²) in [6, 6.07) is 29.1. The first-order chi connectivity index (χ1) is 37.4. The molecule has 22 nitrogen and oxygen atoms in total. The molecule has 0 heterocycles. The molecule has 0 aromatic heterocycles. The topological polar surface area (TPSA) is 303 Å². The second-order valence-corrected chi connectivity index (χ2v) is 25.1. The third-order valence-electron chi connectivity index (χ3n) is 11.6. The number of amidine groups is 2. The number of nitrogens with zero attached hydrogens (tertiary/aromatic N) is 6. The molecule has 0 spiro atoms. The number of hydrogen-bond acceptors (Lipinski definition) is 16. The van der Waals surface area contributed by atoms with Crippen molar-refractivity contribution in [1.29, 1.82) is 0 Å². The maximum absolute atomic E-state index is 12.6. The third-order valence-corrected chi connectivity index (χ3v) is 19.7. The van der Waals surface area contributed by atoms with Crippen molar-refractivity contribution in [3.63, 3.8) is 0 Å². The molecule has 0 aliphatic rings. The van der Waals surface area contributed by atoms with Gasteiger partial charge < -0.3 is 47.4 Å². The zero-order valence-corrected chi connectivity index (χ0v) is 47.9. The van der Waals surface area contributed by atoms with Crippen molar-refractivity contribution in [2.24, 2.45) is 30.4 Å². The third kappa shape index (κ3) is 16.3. The van der Waals surface area contributed by atoms with E-state index >= 15 is 0 Å². The van der Waals surface area contributed by atoms with Crippen LogP contribution >= 0.6 is 0 Å². The molecule has 418 valence electrons. The van der Waals surface area contributed by atoms with Crippen LogP contribution in [0.2, 0.25) is 12.1 Å². The van der Waals surface area contributed by atoms with E-state index in [0.717, 1.165) is 23.3 Å². The molecule has 0 aliphatic carbocycles. The number of aliphatic imine (C=N–C) groups is 2. The fraction of sp³-hybridized carbons (Fsp3) is 0.346. The number of rotatable bonds is 29. The van der Waals surface area contributed by atoms with Gasteiger partial charge in [-0.25, -0.2) is 9.98 Å². The smallest absolute Gasteiger partial charge is 0.481 e. The van der Waals surface area contributed by atoms with Crippen LogP contribution < -0.4 is 10.6 Å². The molecule has 0 amide bonds. The largest absolute Gasteiger partial charge is 0.500 e. The molecule has 6 N–H and O–H groups in total. The minimum Gasteiger partial charge on any atom is -0.481 e. The van der Waals surface area contributed by atoms with Crippen LogP contribution in [0.25, 0.3) is 32.7 Å². The molecule has 0 saturated heterocycles. The molecule has 6 aromatic carbocycles. The van der Waals surface area contributed by atoms with Crippen molar-refractivity contribution in [2.45, 2.75) is 76.3 Å². The van der Waals surface area contributed by atoms with Crippen LogP contribution in [0.5, 0.6) is 0 Å². The molecule has 6 aromatic rings. The number of aliphatic hydroxyl groups excluding tert-OH is 2. The standard InChI is InChI=1S/C52H66N8O14S2Si2/c1-7-69-77(70-8-2,71-9-3)33-17-31-53-51(61)55-49-43-21-15-13-19-41(43)47(75(63,64)65)35-45(49)59-57-39-27-23-37(24-28-39)38-25-29-40(30-26-38)58-60-46-36-48(76(66,67)68)42-20-14-16-22-44(42)50(46)56-52(62)54-32-18-34-78(72-10-4,73-11-5)74-12-6/h13-16,19-30,35-36H,7-12,17-18,31-34H2,1-6H3,(H2,53,55,61)(H2,54,56,62)(H,63,64,65)(H,66,67,68). The van der Waals surface area contributed by atoms with E-state index < -0.39 is 59.7 Å². The second-order valence-electron chi connectivity index (χ2n) is 16.9. The van der Waals surface area contributed by atoms with E-state index in [1.807, 2.05) is 41.5 Å². The number of azo groups is 2. The van der Waals surface area contributed by atoms with E-state index in [-0.39, 0.29) is 46.6 Å². The van der Waals surface area contributed by atoms with Gasteiger partial charge in [0.1, 0.15) is 21.2 Å². The first-order valence-corrected chi connectivity index (χ1v) is 32.1. The van der Waals surface area contributed by atoms with Crippen LogP contribution in [0.15, 0.2) is 149 Å². The zero-order valence-electron chi connectivity index (χ0n) is 44.2. The summed E-state index contributed by atoms with van der Waals surface area (Å²) in [6.45, 7) is 14.1. The Bertz CT molecular complexity index is 3080. The summed E-state index contributed by atoms with van der Waals surface area (Å²) in [7, 11) is -15.4. The molecule has 26 heteroatoms. The van der Waals surface area contributed by atoms with Gasteiger partial charge in [-0.15, -0.1) is 10.2 Å². The lowest BCUT2D eigenvalue weighted by molar-refractivity contribution is 0.0702. The van der Waals surface area contributed by atoms with Gasteiger partial charge in [-0.2, -0.15) is 27.1 Å². The van der Waals surface area contributed by atoms with Gasteiger partial charge in [0.25, 0.3) is 32.3 Å². The fourth-order valence-corrected chi connectivity index (χ4v) is 15.1. The van der Waals surface area contributed by atoms with E-state index in [0.29, 0.717) is 86.7 Å². The Hall–Kier alpha value is -6.41. The van der Waals surface area contributed by atoms with Crippen molar-refractivity contribution >= 4 is 106 Å². The van der Waals surface area contributed by atoms with Crippen LogP contribution in [-0.2, 0) is 46.8 Å². The Balaban J connectivity index is 1.22. The van der Waals surface area contributed by atoms with Crippen molar-refractivity contribution in [3.8, 4) is 11.1 Å². The Labute approximate surface area is 456 Å². The molecule has 78 heavy (non-hydrogen) atoms. The Morgan fingerprint density at radius 1 is 0.462 bits per heavy atom. The second kappa shape index (κ2) is 28.5. The monoisotopic (exact) mass is 1150 g/mol. The highest BCUT2D eigenvalue weighted by Crippen LogP contribution is 2.41. The molecule has 6 rings (SSSR count). The molecular formula is C52H66N8O14S2Si2. The summed E-state index contributed by atoms with van der Waals surface area (Å²) in [5, 5.41) is 46.2. The number of hydrogen-bond donors (Lipinski definition) is 6. The summed E-state index contributed by atoms with van der Waals surface area (Å²) in [5.74, 6) is 0. The van der Waals surface area contributed by atoms with E-state index in [9.17, 15) is 36.2 Å². The first-order valence-electron chi connectivity index (χ1n) is 25.4.